The van der Waals surface area contributed by atoms with Crippen molar-refractivity contribution < 1.29 is 0 Å². The zero-order valence-electron chi connectivity index (χ0n) is 36.2. The highest BCUT2D eigenvalue weighted by atomic mass is 32.2. The van der Waals surface area contributed by atoms with Gasteiger partial charge in [0.25, 0.3) is 6.71 Å². The van der Waals surface area contributed by atoms with E-state index in [1.807, 2.05) is 0 Å². The highest BCUT2D eigenvalue weighted by Crippen LogP contribution is 2.69. The van der Waals surface area contributed by atoms with Crippen LogP contribution in [0, 0.1) is 12.3 Å². The molecule has 304 valence electrons. The van der Waals surface area contributed by atoms with Gasteiger partial charge in [0.15, 0.2) is 0 Å². The second kappa shape index (κ2) is 13.6. The average Bonchev–Trinajstić information content (AvgIpc) is 3.68. The highest BCUT2D eigenvalue weighted by Gasteiger charge is 2.63. The number of aryl methyl sites for hydroxylation is 1. The van der Waals surface area contributed by atoms with Crippen LogP contribution in [0.1, 0.15) is 90.2 Å². The Kier molecular flexibility index (Phi) is 8.47. The highest BCUT2D eigenvalue weighted by molar-refractivity contribution is 8.07. The third-order valence-corrected chi connectivity index (χ3v) is 19.7. The van der Waals surface area contributed by atoms with Gasteiger partial charge < -0.3 is 14.7 Å². The molecule has 0 radical (unpaired) electrons. The summed E-state index contributed by atoms with van der Waals surface area (Å²) in [5, 5.41) is 0. The van der Waals surface area contributed by atoms with Crippen LogP contribution in [0.4, 0.5) is 45.5 Å². The smallest absolute Gasteiger partial charge is 0.261 e. The van der Waals surface area contributed by atoms with Gasteiger partial charge >= 0.3 is 0 Å². The maximum Gasteiger partial charge on any atom is 0.261 e. The van der Waals surface area contributed by atoms with E-state index in [4.69, 9.17) is 0 Å². The third kappa shape index (κ3) is 5.27. The molecule has 2 aliphatic carbocycles. The summed E-state index contributed by atoms with van der Waals surface area (Å²) < 4.78 is 0.272. The molecule has 2 fully saturated rings. The van der Waals surface area contributed by atoms with Crippen molar-refractivity contribution in [3.63, 3.8) is 0 Å². The van der Waals surface area contributed by atoms with E-state index in [-0.39, 0.29) is 27.0 Å². The van der Waals surface area contributed by atoms with Crippen LogP contribution in [0.15, 0.2) is 155 Å². The monoisotopic (exact) mass is 831 g/mol. The standard InChI is InChI=1S/C55H54BN3S2/c1-37-25-27-41(28-26-37)57(38-19-9-6-10-20-38)42-35-45-47-46(36-42)59(40-23-13-8-14-24-40)50-51(61-55(5)34-18-16-32-53(50,55)3)56(47)48-44(58(45)39-21-11-7-12-22-39)30-29-43-49(48)60-54(4)33-17-15-31-52(43,54)2/h6-14,19-30,35-36H,15-18,31-34H2,1-5H3. The molecule has 6 aliphatic rings. The number of nitrogens with zero attached hydrogens (tertiary/aromatic N) is 3. The van der Waals surface area contributed by atoms with Crippen LogP contribution in [0.25, 0.3) is 0 Å². The lowest BCUT2D eigenvalue weighted by molar-refractivity contribution is 0.210. The van der Waals surface area contributed by atoms with E-state index in [1.165, 1.54) is 96.5 Å². The van der Waals surface area contributed by atoms with Crippen LogP contribution in [-0.2, 0) is 5.41 Å². The number of thioether (sulfide) groups is 2. The molecule has 0 spiro atoms. The fourth-order valence-electron chi connectivity index (χ4n) is 12.5. The van der Waals surface area contributed by atoms with Gasteiger partial charge in [0.2, 0.25) is 0 Å². The van der Waals surface area contributed by atoms with Crippen molar-refractivity contribution in [2.75, 3.05) is 14.7 Å². The van der Waals surface area contributed by atoms with Crippen LogP contribution in [0.3, 0.4) is 0 Å². The quantitative estimate of drug-likeness (QED) is 0.160. The van der Waals surface area contributed by atoms with Gasteiger partial charge in [-0.05, 0) is 134 Å². The molecule has 0 N–H and O–H groups in total. The topological polar surface area (TPSA) is 9.72 Å². The zero-order valence-corrected chi connectivity index (χ0v) is 37.8. The normalized spacial score (nSPS) is 26.9. The maximum atomic E-state index is 2.75. The van der Waals surface area contributed by atoms with Crippen molar-refractivity contribution in [2.45, 2.75) is 106 Å². The number of para-hydroxylation sites is 3. The predicted octanol–water partition coefficient (Wildman–Crippen LogP) is 14.5. The van der Waals surface area contributed by atoms with Gasteiger partial charge in [-0.15, -0.1) is 23.5 Å². The van der Waals surface area contributed by atoms with Gasteiger partial charge in [-0.1, -0.05) is 118 Å². The minimum absolute atomic E-state index is 0.00120. The molecular weight excluding hydrogens is 778 g/mol. The molecule has 2 saturated carbocycles. The zero-order chi connectivity index (χ0) is 41.3. The molecule has 61 heavy (non-hydrogen) atoms. The Morgan fingerprint density at radius 2 is 1.05 bits per heavy atom. The van der Waals surface area contributed by atoms with Crippen molar-refractivity contribution in [3.8, 4) is 0 Å². The van der Waals surface area contributed by atoms with Crippen LogP contribution in [0.5, 0.6) is 0 Å². The van der Waals surface area contributed by atoms with E-state index in [1.54, 1.807) is 26.4 Å². The molecular formula is C55H54BN3S2. The number of rotatable bonds is 5. The van der Waals surface area contributed by atoms with E-state index in [2.05, 4.69) is 212 Å². The summed E-state index contributed by atoms with van der Waals surface area (Å²) in [4.78, 5) is 11.0. The first kappa shape index (κ1) is 37.9. The van der Waals surface area contributed by atoms with E-state index in [9.17, 15) is 0 Å². The number of anilines is 8. The number of benzene rings is 6. The van der Waals surface area contributed by atoms with E-state index in [0.29, 0.717) is 0 Å². The summed E-state index contributed by atoms with van der Waals surface area (Å²) in [6.45, 7) is 12.8. The second-order valence-electron chi connectivity index (χ2n) is 19.5. The van der Waals surface area contributed by atoms with Crippen molar-refractivity contribution in [1.82, 2.24) is 0 Å². The van der Waals surface area contributed by atoms with Gasteiger partial charge in [0.05, 0.1) is 5.69 Å². The first-order valence-electron chi connectivity index (χ1n) is 22.7. The molecule has 6 heteroatoms. The SMILES string of the molecule is Cc1ccc(N(c2ccccc2)c2cc3c4c(c2)N(c2ccccc2)c2ccc5c(c2B4C2=C(N3c3ccccc3)C3(C)CCCCC3(C)S2)SC2(C)CCCCC52C)cc1. The predicted molar refractivity (Wildman–Crippen MR) is 264 cm³/mol. The summed E-state index contributed by atoms with van der Waals surface area (Å²) in [7, 11) is 0. The molecule has 0 bridgehead atoms. The van der Waals surface area contributed by atoms with Gasteiger partial charge in [-0.2, -0.15) is 0 Å². The molecule has 0 aromatic heterocycles. The number of allylic oxidation sites excluding steroid dienone is 1. The molecule has 6 aromatic carbocycles. The first-order valence-corrected chi connectivity index (χ1v) is 24.4. The molecule has 4 atom stereocenters. The number of hydrogen-bond acceptors (Lipinski definition) is 5. The molecule has 0 saturated heterocycles. The van der Waals surface area contributed by atoms with Gasteiger partial charge in [0.1, 0.15) is 0 Å². The van der Waals surface area contributed by atoms with Gasteiger partial charge in [-0.3, -0.25) is 0 Å². The summed E-state index contributed by atoms with van der Waals surface area (Å²) in [6, 6.07) is 52.9. The van der Waals surface area contributed by atoms with Gasteiger partial charge in [-0.25, -0.2) is 0 Å². The molecule has 6 aromatic rings. The molecule has 4 heterocycles. The largest absolute Gasteiger partial charge is 0.314 e. The Morgan fingerprint density at radius 1 is 0.508 bits per heavy atom. The van der Waals surface area contributed by atoms with Crippen molar-refractivity contribution in [2.24, 2.45) is 5.41 Å². The Balaban J connectivity index is 1.22. The summed E-state index contributed by atoms with van der Waals surface area (Å²) in [6.07, 6.45) is 10.2. The molecule has 3 nitrogen and oxygen atoms in total. The lowest BCUT2D eigenvalue weighted by atomic mass is 9.35. The fraction of sp³-hybridized carbons (Fsp3) is 0.309. The lowest BCUT2D eigenvalue weighted by Gasteiger charge is -2.50. The minimum atomic E-state index is -0.00120. The van der Waals surface area contributed by atoms with Crippen molar-refractivity contribution in [3.05, 3.63) is 161 Å². The van der Waals surface area contributed by atoms with Crippen molar-refractivity contribution >= 4 is 86.7 Å². The lowest BCUT2D eigenvalue weighted by Crippen LogP contribution is -2.56. The Bertz CT molecular complexity index is 2760. The Hall–Kier alpha value is -4.78. The fourth-order valence-corrected chi connectivity index (χ4v) is 16.3. The van der Waals surface area contributed by atoms with Crippen LogP contribution < -0.4 is 25.6 Å². The Labute approximate surface area is 371 Å². The molecule has 12 rings (SSSR count). The second-order valence-corrected chi connectivity index (χ2v) is 22.6. The number of fused-ring (bicyclic) bond motifs is 9. The Morgan fingerprint density at radius 3 is 1.70 bits per heavy atom. The van der Waals surface area contributed by atoms with Crippen LogP contribution >= 0.6 is 23.5 Å². The summed E-state index contributed by atoms with van der Waals surface area (Å²) in [5.41, 5.74) is 17.4. The van der Waals surface area contributed by atoms with Crippen LogP contribution in [-0.4, -0.2) is 16.2 Å². The molecule has 0 amide bonds. The van der Waals surface area contributed by atoms with Crippen molar-refractivity contribution in [1.29, 1.82) is 0 Å². The van der Waals surface area contributed by atoms with E-state index in [0.717, 1.165) is 11.4 Å². The molecule has 4 unspecified atom stereocenters. The van der Waals surface area contributed by atoms with Crippen LogP contribution in [0.2, 0.25) is 0 Å². The average molecular weight is 832 g/mol. The third-order valence-electron chi connectivity index (χ3n) is 16.2. The van der Waals surface area contributed by atoms with Gasteiger partial charge in [0, 0.05) is 70.7 Å². The number of hydrogen-bond donors (Lipinski definition) is 0. The summed E-state index contributed by atoms with van der Waals surface area (Å²) >= 11 is 4.49. The summed E-state index contributed by atoms with van der Waals surface area (Å²) in [5.74, 6) is 0. The van der Waals surface area contributed by atoms with E-state index < -0.39 is 0 Å². The maximum absolute atomic E-state index is 2.75. The molecule has 4 aliphatic heterocycles. The van der Waals surface area contributed by atoms with E-state index >= 15 is 0 Å². The first-order chi connectivity index (χ1) is 29.6. The minimum Gasteiger partial charge on any atom is -0.314 e.